The normalized spacial score (nSPS) is 17.6. The third-order valence-corrected chi connectivity index (χ3v) is 3.39. The van der Waals surface area contributed by atoms with E-state index in [4.69, 9.17) is 22.1 Å². The number of piperidine rings is 1. The summed E-state index contributed by atoms with van der Waals surface area (Å²) < 4.78 is 5.00. The molecule has 0 bridgehead atoms. The first-order chi connectivity index (χ1) is 8.63. The molecule has 1 aliphatic rings. The maximum atomic E-state index is 10.6. The summed E-state index contributed by atoms with van der Waals surface area (Å²) in [6, 6.07) is 7.88. The second kappa shape index (κ2) is 6.07. The lowest BCUT2D eigenvalue weighted by molar-refractivity contribution is 0.0541. The topological polar surface area (TPSA) is 55.6 Å². The van der Waals surface area contributed by atoms with E-state index in [1.165, 1.54) is 5.56 Å². The highest BCUT2D eigenvalue weighted by atomic mass is 35.5. The van der Waals surface area contributed by atoms with Crippen LogP contribution in [0.15, 0.2) is 24.3 Å². The molecular formula is C13H17ClN2O2. The van der Waals surface area contributed by atoms with Crippen molar-refractivity contribution in [3.63, 3.8) is 0 Å². The molecule has 4 nitrogen and oxygen atoms in total. The van der Waals surface area contributed by atoms with Gasteiger partial charge in [0.2, 0.25) is 0 Å². The van der Waals surface area contributed by atoms with Crippen LogP contribution in [0.2, 0.25) is 5.02 Å². The van der Waals surface area contributed by atoms with Gasteiger partial charge in [-0.15, -0.1) is 0 Å². The Morgan fingerprint density at radius 3 is 2.50 bits per heavy atom. The summed E-state index contributed by atoms with van der Waals surface area (Å²) >= 11 is 5.85. The molecule has 1 aliphatic heterocycles. The number of rotatable bonds is 3. The SMILES string of the molecule is NC(=O)OC1CCN(Cc2ccc(Cl)cc2)CC1. The molecule has 0 aliphatic carbocycles. The summed E-state index contributed by atoms with van der Waals surface area (Å²) in [4.78, 5) is 13.0. The Balaban J connectivity index is 1.79. The number of nitrogens with zero attached hydrogens (tertiary/aromatic N) is 1. The summed E-state index contributed by atoms with van der Waals surface area (Å²) in [5.74, 6) is 0. The van der Waals surface area contributed by atoms with Crippen molar-refractivity contribution in [3.8, 4) is 0 Å². The standard InChI is InChI=1S/C13H17ClN2O2/c14-11-3-1-10(2-4-11)9-16-7-5-12(6-8-16)18-13(15)17/h1-4,12H,5-9H2,(H2,15,17). The van der Waals surface area contributed by atoms with Crippen molar-refractivity contribution in [1.29, 1.82) is 0 Å². The molecule has 1 aromatic rings. The van der Waals surface area contributed by atoms with Crippen molar-refractivity contribution in [3.05, 3.63) is 34.9 Å². The van der Waals surface area contributed by atoms with Gasteiger partial charge in [-0.25, -0.2) is 4.79 Å². The predicted octanol–water partition coefficient (Wildman–Crippen LogP) is 2.40. The average molecular weight is 269 g/mol. The largest absolute Gasteiger partial charge is 0.446 e. The number of likely N-dealkylation sites (tertiary alicyclic amines) is 1. The Morgan fingerprint density at radius 1 is 1.33 bits per heavy atom. The monoisotopic (exact) mass is 268 g/mol. The molecule has 1 saturated heterocycles. The quantitative estimate of drug-likeness (QED) is 0.916. The lowest BCUT2D eigenvalue weighted by atomic mass is 10.1. The molecule has 98 valence electrons. The van der Waals surface area contributed by atoms with Crippen LogP contribution >= 0.6 is 11.6 Å². The second-order valence-electron chi connectivity index (χ2n) is 4.54. The van der Waals surface area contributed by atoms with Crippen LogP contribution in [0.3, 0.4) is 0 Å². The van der Waals surface area contributed by atoms with Gasteiger partial charge in [-0.1, -0.05) is 23.7 Å². The van der Waals surface area contributed by atoms with E-state index in [2.05, 4.69) is 4.90 Å². The molecular weight excluding hydrogens is 252 g/mol. The molecule has 2 rings (SSSR count). The van der Waals surface area contributed by atoms with Crippen LogP contribution in [0.4, 0.5) is 4.79 Å². The Morgan fingerprint density at radius 2 is 1.94 bits per heavy atom. The number of ether oxygens (including phenoxy) is 1. The van der Waals surface area contributed by atoms with E-state index in [0.717, 1.165) is 37.5 Å². The zero-order chi connectivity index (χ0) is 13.0. The van der Waals surface area contributed by atoms with Gasteiger partial charge in [-0.3, -0.25) is 4.90 Å². The van der Waals surface area contributed by atoms with Crippen LogP contribution in [0.1, 0.15) is 18.4 Å². The fourth-order valence-electron chi connectivity index (χ4n) is 2.20. The van der Waals surface area contributed by atoms with E-state index in [9.17, 15) is 4.79 Å². The number of amides is 1. The molecule has 0 saturated carbocycles. The summed E-state index contributed by atoms with van der Waals surface area (Å²) in [7, 11) is 0. The minimum atomic E-state index is -0.675. The summed E-state index contributed by atoms with van der Waals surface area (Å²) in [6.07, 6.45) is 0.989. The number of primary amides is 1. The van der Waals surface area contributed by atoms with Gasteiger partial charge in [-0.2, -0.15) is 0 Å². The third kappa shape index (κ3) is 3.89. The van der Waals surface area contributed by atoms with Crippen molar-refractivity contribution in [1.82, 2.24) is 4.90 Å². The first kappa shape index (κ1) is 13.2. The van der Waals surface area contributed by atoms with Crippen molar-refractivity contribution >= 4 is 17.7 Å². The van der Waals surface area contributed by atoms with Gasteiger partial charge in [-0.05, 0) is 30.5 Å². The third-order valence-electron chi connectivity index (χ3n) is 3.14. The molecule has 0 spiro atoms. The van der Waals surface area contributed by atoms with Crippen molar-refractivity contribution < 1.29 is 9.53 Å². The Bertz CT molecular complexity index is 400. The smallest absolute Gasteiger partial charge is 0.404 e. The summed E-state index contributed by atoms with van der Waals surface area (Å²) in [5.41, 5.74) is 6.25. The number of hydrogen-bond acceptors (Lipinski definition) is 3. The zero-order valence-corrected chi connectivity index (χ0v) is 10.9. The maximum Gasteiger partial charge on any atom is 0.404 e. The van der Waals surface area contributed by atoms with Gasteiger partial charge in [0.15, 0.2) is 0 Å². The van der Waals surface area contributed by atoms with E-state index >= 15 is 0 Å². The molecule has 0 atom stereocenters. The number of hydrogen-bond donors (Lipinski definition) is 1. The summed E-state index contributed by atoms with van der Waals surface area (Å²) in [5, 5.41) is 0.757. The fraction of sp³-hybridized carbons (Fsp3) is 0.462. The van der Waals surface area contributed by atoms with Gasteiger partial charge in [0.05, 0.1) is 0 Å². The molecule has 0 unspecified atom stereocenters. The van der Waals surface area contributed by atoms with E-state index in [-0.39, 0.29) is 6.10 Å². The molecule has 1 heterocycles. The maximum absolute atomic E-state index is 10.6. The van der Waals surface area contributed by atoms with Crippen LogP contribution in [0.25, 0.3) is 0 Å². The van der Waals surface area contributed by atoms with Crippen LogP contribution in [0, 0.1) is 0 Å². The highest BCUT2D eigenvalue weighted by Crippen LogP contribution is 2.17. The second-order valence-corrected chi connectivity index (χ2v) is 4.98. The first-order valence-electron chi connectivity index (χ1n) is 6.06. The van der Waals surface area contributed by atoms with Gasteiger partial charge in [0, 0.05) is 24.7 Å². The molecule has 1 amide bonds. The van der Waals surface area contributed by atoms with Crippen LogP contribution in [-0.4, -0.2) is 30.2 Å². The van der Waals surface area contributed by atoms with E-state index in [1.807, 2.05) is 24.3 Å². The Hall–Kier alpha value is -1.26. The van der Waals surface area contributed by atoms with Gasteiger partial charge < -0.3 is 10.5 Å². The molecule has 1 aromatic carbocycles. The van der Waals surface area contributed by atoms with Crippen LogP contribution in [-0.2, 0) is 11.3 Å². The molecule has 5 heteroatoms. The Kier molecular flexibility index (Phi) is 4.44. The van der Waals surface area contributed by atoms with Crippen molar-refractivity contribution in [2.45, 2.75) is 25.5 Å². The molecule has 18 heavy (non-hydrogen) atoms. The fourth-order valence-corrected chi connectivity index (χ4v) is 2.32. The van der Waals surface area contributed by atoms with Gasteiger partial charge >= 0.3 is 6.09 Å². The number of carbonyl (C=O) groups is 1. The number of halogens is 1. The predicted molar refractivity (Wildman–Crippen MR) is 70.4 cm³/mol. The summed E-state index contributed by atoms with van der Waals surface area (Å²) in [6.45, 7) is 2.74. The van der Waals surface area contributed by atoms with Crippen LogP contribution < -0.4 is 5.73 Å². The number of benzene rings is 1. The van der Waals surface area contributed by atoms with Crippen LogP contribution in [0.5, 0.6) is 0 Å². The lowest BCUT2D eigenvalue weighted by Gasteiger charge is -2.31. The molecule has 2 N–H and O–H groups in total. The minimum Gasteiger partial charge on any atom is -0.446 e. The lowest BCUT2D eigenvalue weighted by Crippen LogP contribution is -2.38. The first-order valence-corrected chi connectivity index (χ1v) is 6.44. The highest BCUT2D eigenvalue weighted by Gasteiger charge is 2.21. The van der Waals surface area contributed by atoms with Gasteiger partial charge in [0.1, 0.15) is 6.10 Å². The van der Waals surface area contributed by atoms with E-state index < -0.39 is 6.09 Å². The number of nitrogens with two attached hydrogens (primary N) is 1. The van der Waals surface area contributed by atoms with Gasteiger partial charge in [0.25, 0.3) is 0 Å². The molecule has 0 radical (unpaired) electrons. The zero-order valence-electron chi connectivity index (χ0n) is 10.1. The molecule has 1 fully saturated rings. The van der Waals surface area contributed by atoms with E-state index in [1.54, 1.807) is 0 Å². The highest BCUT2D eigenvalue weighted by molar-refractivity contribution is 6.30. The number of carbonyl (C=O) groups excluding carboxylic acids is 1. The Labute approximate surface area is 112 Å². The molecule has 0 aromatic heterocycles. The van der Waals surface area contributed by atoms with E-state index in [0.29, 0.717) is 0 Å². The van der Waals surface area contributed by atoms with Crippen molar-refractivity contribution in [2.24, 2.45) is 5.73 Å². The minimum absolute atomic E-state index is 0.0241. The average Bonchev–Trinajstić information content (AvgIpc) is 2.34. The van der Waals surface area contributed by atoms with Crippen molar-refractivity contribution in [2.75, 3.05) is 13.1 Å².